The third kappa shape index (κ3) is 3.90. The van der Waals surface area contributed by atoms with Crippen molar-refractivity contribution in [2.24, 2.45) is 0 Å². The Hall–Kier alpha value is -1.71. The normalized spacial score (nSPS) is 11.6. The van der Waals surface area contributed by atoms with E-state index in [1.54, 1.807) is 18.2 Å². The van der Waals surface area contributed by atoms with Gasteiger partial charge in [0.1, 0.15) is 5.82 Å². The highest BCUT2D eigenvalue weighted by Crippen LogP contribution is 2.17. The van der Waals surface area contributed by atoms with E-state index in [4.69, 9.17) is 0 Å². The minimum atomic E-state index is -3.70. The lowest BCUT2D eigenvalue weighted by Crippen LogP contribution is -2.35. The molecule has 1 heterocycles. The van der Waals surface area contributed by atoms with E-state index in [1.165, 1.54) is 25.4 Å². The van der Waals surface area contributed by atoms with Crippen LogP contribution in [0.4, 0.5) is 5.82 Å². The Kier molecular flexibility index (Phi) is 4.76. The number of carbonyl (C=O) groups excluding carboxylic acids is 1. The molecule has 1 aromatic heterocycles. The lowest BCUT2D eigenvalue weighted by Gasteiger charge is -2.16. The molecule has 0 unspecified atom stereocenters. The van der Waals surface area contributed by atoms with Crippen molar-refractivity contribution in [1.82, 2.24) is 14.5 Å². The number of nitrogens with zero attached hydrogens (tertiary/aromatic N) is 2. The fraction of sp³-hybridized carbons (Fsp3) is 0.167. The van der Waals surface area contributed by atoms with E-state index in [0.29, 0.717) is 5.82 Å². The molecule has 0 saturated carbocycles. The summed E-state index contributed by atoms with van der Waals surface area (Å²) < 4.78 is 26.4. The highest BCUT2D eigenvalue weighted by Gasteiger charge is 2.22. The molecule has 21 heavy (non-hydrogen) atoms. The predicted molar refractivity (Wildman–Crippen MR) is 81.2 cm³/mol. The number of H-pyrrole nitrogens is 1. The predicted octanol–water partition coefficient (Wildman–Crippen LogP) is 1.43. The molecule has 112 valence electrons. The Labute approximate surface area is 130 Å². The number of anilines is 1. The SMILES string of the molecule is CN(CC(=O)Nc1ccn[nH]1)S(=O)(=O)c1ccc(Br)cc1. The third-order valence-corrected chi connectivity index (χ3v) is 5.01. The van der Waals surface area contributed by atoms with Gasteiger partial charge in [-0.3, -0.25) is 9.89 Å². The molecular weight excluding hydrogens is 360 g/mol. The maximum absolute atomic E-state index is 12.3. The second-order valence-electron chi connectivity index (χ2n) is 4.23. The summed E-state index contributed by atoms with van der Waals surface area (Å²) in [7, 11) is -2.35. The molecule has 0 aliphatic heterocycles. The van der Waals surface area contributed by atoms with Crippen molar-refractivity contribution in [2.75, 3.05) is 18.9 Å². The van der Waals surface area contributed by atoms with Gasteiger partial charge in [0.25, 0.3) is 0 Å². The molecule has 0 aliphatic carbocycles. The summed E-state index contributed by atoms with van der Waals surface area (Å²) in [5.41, 5.74) is 0. The van der Waals surface area contributed by atoms with Gasteiger partial charge in [0.15, 0.2) is 0 Å². The minimum absolute atomic E-state index is 0.127. The second kappa shape index (κ2) is 6.37. The van der Waals surface area contributed by atoms with Crippen molar-refractivity contribution in [1.29, 1.82) is 0 Å². The number of aromatic amines is 1. The van der Waals surface area contributed by atoms with Crippen molar-refractivity contribution >= 4 is 37.7 Å². The smallest absolute Gasteiger partial charge is 0.243 e. The Morgan fingerprint density at radius 3 is 2.57 bits per heavy atom. The van der Waals surface area contributed by atoms with Crippen molar-refractivity contribution in [2.45, 2.75) is 4.90 Å². The summed E-state index contributed by atoms with van der Waals surface area (Å²) in [5, 5.41) is 8.76. The summed E-state index contributed by atoms with van der Waals surface area (Å²) in [4.78, 5) is 11.9. The molecule has 1 aromatic carbocycles. The standard InChI is InChI=1S/C12H13BrN4O3S/c1-17(8-12(18)15-11-6-7-14-16-11)21(19,20)10-4-2-9(13)3-5-10/h2-7H,8H2,1H3,(H2,14,15,16,18). The topological polar surface area (TPSA) is 95.2 Å². The number of nitrogens with one attached hydrogen (secondary N) is 2. The Bertz CT molecular complexity index is 713. The summed E-state index contributed by atoms with van der Waals surface area (Å²) in [6, 6.07) is 7.78. The summed E-state index contributed by atoms with van der Waals surface area (Å²) in [6.45, 7) is -0.294. The zero-order valence-corrected chi connectivity index (χ0v) is 13.5. The monoisotopic (exact) mass is 372 g/mol. The van der Waals surface area contributed by atoms with Crippen LogP contribution in [0, 0.1) is 0 Å². The van der Waals surface area contributed by atoms with Crippen LogP contribution >= 0.6 is 15.9 Å². The quantitative estimate of drug-likeness (QED) is 0.829. The molecular formula is C12H13BrN4O3S. The van der Waals surface area contributed by atoms with Gasteiger partial charge in [-0.2, -0.15) is 9.40 Å². The average Bonchev–Trinajstić information content (AvgIpc) is 2.91. The molecule has 2 N–H and O–H groups in total. The highest BCUT2D eigenvalue weighted by atomic mass is 79.9. The van der Waals surface area contributed by atoms with Gasteiger partial charge >= 0.3 is 0 Å². The molecule has 2 aromatic rings. The van der Waals surface area contributed by atoms with E-state index < -0.39 is 15.9 Å². The first-order chi connectivity index (χ1) is 9.89. The van der Waals surface area contributed by atoms with Crippen LogP contribution in [0.15, 0.2) is 45.9 Å². The van der Waals surface area contributed by atoms with Crippen LogP contribution in [0.3, 0.4) is 0 Å². The largest absolute Gasteiger partial charge is 0.310 e. The molecule has 0 radical (unpaired) electrons. The van der Waals surface area contributed by atoms with Crippen molar-refractivity contribution < 1.29 is 13.2 Å². The molecule has 0 atom stereocenters. The van der Waals surface area contributed by atoms with Crippen molar-refractivity contribution in [3.05, 3.63) is 41.0 Å². The molecule has 1 amide bonds. The lowest BCUT2D eigenvalue weighted by atomic mass is 10.4. The van der Waals surface area contributed by atoms with Gasteiger partial charge < -0.3 is 5.32 Å². The Morgan fingerprint density at radius 1 is 1.33 bits per heavy atom. The first-order valence-electron chi connectivity index (χ1n) is 5.91. The molecule has 0 bridgehead atoms. The number of sulfonamides is 1. The third-order valence-electron chi connectivity index (χ3n) is 2.66. The molecule has 0 saturated heterocycles. The number of amides is 1. The van der Waals surface area contributed by atoms with Gasteiger partial charge in [-0.1, -0.05) is 15.9 Å². The number of likely N-dealkylation sites (N-methyl/N-ethyl adjacent to an activating group) is 1. The van der Waals surface area contributed by atoms with E-state index >= 15 is 0 Å². The number of benzene rings is 1. The summed E-state index contributed by atoms with van der Waals surface area (Å²) >= 11 is 3.24. The maximum atomic E-state index is 12.3. The number of aromatic nitrogens is 2. The van der Waals surface area contributed by atoms with Gasteiger partial charge in [-0.25, -0.2) is 8.42 Å². The zero-order valence-electron chi connectivity index (χ0n) is 11.1. The molecule has 0 aliphatic rings. The second-order valence-corrected chi connectivity index (χ2v) is 7.19. The van der Waals surface area contributed by atoms with E-state index in [-0.39, 0.29) is 11.4 Å². The van der Waals surface area contributed by atoms with Crippen molar-refractivity contribution in [3.8, 4) is 0 Å². The van der Waals surface area contributed by atoms with Gasteiger partial charge in [0.2, 0.25) is 15.9 Å². The van der Waals surface area contributed by atoms with Crippen molar-refractivity contribution in [3.63, 3.8) is 0 Å². The maximum Gasteiger partial charge on any atom is 0.243 e. The van der Waals surface area contributed by atoms with Gasteiger partial charge in [-0.15, -0.1) is 0 Å². The highest BCUT2D eigenvalue weighted by molar-refractivity contribution is 9.10. The number of rotatable bonds is 5. The summed E-state index contributed by atoms with van der Waals surface area (Å²) in [6.07, 6.45) is 1.48. The van der Waals surface area contributed by atoms with Crippen LogP contribution in [0.25, 0.3) is 0 Å². The molecule has 0 fully saturated rings. The van der Waals surface area contributed by atoms with Crippen LogP contribution in [0.1, 0.15) is 0 Å². The van der Waals surface area contributed by atoms with Gasteiger partial charge in [0, 0.05) is 17.6 Å². The average molecular weight is 373 g/mol. The number of hydrogen-bond donors (Lipinski definition) is 2. The van der Waals surface area contributed by atoms with Crippen LogP contribution in [0.2, 0.25) is 0 Å². The Morgan fingerprint density at radius 2 is 2.00 bits per heavy atom. The molecule has 2 rings (SSSR count). The first kappa shape index (κ1) is 15.7. The van der Waals surface area contributed by atoms with Gasteiger partial charge in [0.05, 0.1) is 17.6 Å². The van der Waals surface area contributed by atoms with E-state index in [1.807, 2.05) is 0 Å². The van der Waals surface area contributed by atoms with E-state index in [2.05, 4.69) is 31.4 Å². The van der Waals surface area contributed by atoms with Crippen LogP contribution in [0.5, 0.6) is 0 Å². The minimum Gasteiger partial charge on any atom is -0.310 e. The van der Waals surface area contributed by atoms with Crippen LogP contribution in [-0.2, 0) is 14.8 Å². The zero-order chi connectivity index (χ0) is 15.5. The molecule has 9 heteroatoms. The number of hydrogen-bond acceptors (Lipinski definition) is 4. The van der Waals surface area contributed by atoms with E-state index in [0.717, 1.165) is 8.78 Å². The van der Waals surface area contributed by atoms with Crippen LogP contribution in [-0.4, -0.2) is 42.4 Å². The summed E-state index contributed by atoms with van der Waals surface area (Å²) in [5.74, 6) is -0.0446. The van der Waals surface area contributed by atoms with Gasteiger partial charge in [-0.05, 0) is 24.3 Å². The fourth-order valence-corrected chi connectivity index (χ4v) is 2.98. The van der Waals surface area contributed by atoms with Crippen LogP contribution < -0.4 is 5.32 Å². The first-order valence-corrected chi connectivity index (χ1v) is 8.14. The fourth-order valence-electron chi connectivity index (χ4n) is 1.59. The number of carbonyl (C=O) groups is 1. The van der Waals surface area contributed by atoms with E-state index in [9.17, 15) is 13.2 Å². The number of halogens is 1. The lowest BCUT2D eigenvalue weighted by molar-refractivity contribution is -0.116. The molecule has 0 spiro atoms. The molecule has 7 nitrogen and oxygen atoms in total. The Balaban J connectivity index is 2.06.